The number of carbonyl (C=O) groups excluding carboxylic acids is 1. The Balaban J connectivity index is 1.44. The summed E-state index contributed by atoms with van der Waals surface area (Å²) in [6, 6.07) is 11.4. The van der Waals surface area contributed by atoms with E-state index < -0.39 is 0 Å². The van der Waals surface area contributed by atoms with Crippen LogP contribution < -0.4 is 14.9 Å². The van der Waals surface area contributed by atoms with Gasteiger partial charge in [0.15, 0.2) is 11.5 Å². The number of hydrogen-bond acceptors (Lipinski definition) is 9. The van der Waals surface area contributed by atoms with Crippen LogP contribution in [0.15, 0.2) is 63.8 Å². The Labute approximate surface area is 214 Å². The second-order valence-electron chi connectivity index (χ2n) is 7.70. The molecule has 9 nitrogen and oxygen atoms in total. The van der Waals surface area contributed by atoms with Crippen LogP contribution in [0.2, 0.25) is 0 Å². The van der Waals surface area contributed by atoms with Gasteiger partial charge in [-0.15, -0.1) is 16.8 Å². The Kier molecular flexibility index (Phi) is 10.4. The normalized spacial score (nSPS) is 10.9. The van der Waals surface area contributed by atoms with Crippen molar-refractivity contribution in [2.75, 3.05) is 19.5 Å². The van der Waals surface area contributed by atoms with Crippen LogP contribution in [-0.2, 0) is 24.1 Å². The third-order valence-electron chi connectivity index (χ3n) is 5.03. The smallest absolute Gasteiger partial charge is 0.277 e. The number of ether oxygens (including phenoxy) is 2. The van der Waals surface area contributed by atoms with E-state index in [1.165, 1.54) is 11.8 Å². The zero-order valence-electron chi connectivity index (χ0n) is 20.4. The molecule has 0 aliphatic carbocycles. The number of benzene rings is 2. The minimum absolute atomic E-state index is 0.0757. The predicted molar refractivity (Wildman–Crippen MR) is 139 cm³/mol. The van der Waals surface area contributed by atoms with Gasteiger partial charge in [0, 0.05) is 12.0 Å². The number of allylic oxidation sites excluding steroid dienone is 1. The van der Waals surface area contributed by atoms with E-state index in [4.69, 9.17) is 13.9 Å². The van der Waals surface area contributed by atoms with Gasteiger partial charge in [0.25, 0.3) is 11.1 Å². The number of rotatable bonds is 14. The molecule has 3 rings (SSSR count). The number of hydrogen-bond donors (Lipinski definition) is 2. The molecule has 0 aliphatic rings. The molecule has 1 amide bonds. The van der Waals surface area contributed by atoms with E-state index in [-0.39, 0.29) is 17.4 Å². The number of nitrogens with zero attached hydrogens (tertiary/aromatic N) is 3. The average Bonchev–Trinajstić information content (AvgIpc) is 3.34. The molecule has 0 fully saturated rings. The Morgan fingerprint density at radius 1 is 1.25 bits per heavy atom. The van der Waals surface area contributed by atoms with Crippen LogP contribution in [0.1, 0.15) is 35.9 Å². The van der Waals surface area contributed by atoms with Crippen molar-refractivity contribution in [2.24, 2.45) is 5.10 Å². The highest BCUT2D eigenvalue weighted by atomic mass is 32.2. The highest BCUT2D eigenvalue weighted by molar-refractivity contribution is 7.99. The molecule has 0 saturated heterocycles. The maximum Gasteiger partial charge on any atom is 0.277 e. The molecule has 0 spiro atoms. The molecule has 0 saturated carbocycles. The van der Waals surface area contributed by atoms with Gasteiger partial charge >= 0.3 is 0 Å². The van der Waals surface area contributed by atoms with Gasteiger partial charge in [-0.2, -0.15) is 5.10 Å². The lowest BCUT2D eigenvalue weighted by Gasteiger charge is -2.10. The number of hydrazone groups is 1. The van der Waals surface area contributed by atoms with Crippen molar-refractivity contribution in [3.8, 4) is 17.2 Å². The summed E-state index contributed by atoms with van der Waals surface area (Å²) in [4.78, 5) is 12.2. The third kappa shape index (κ3) is 8.16. The number of phenols is 1. The SMILES string of the molecule is C=CCc1cc(/C=N\NC(=O)CSc2nnc(CCCc3ccc(OC)cc3)o2)cc(OCC)c1O. The fourth-order valence-corrected chi connectivity index (χ4v) is 3.89. The summed E-state index contributed by atoms with van der Waals surface area (Å²) < 4.78 is 16.3. The molecule has 0 aliphatic heterocycles. The van der Waals surface area contributed by atoms with Gasteiger partial charge in [-0.05, 0) is 61.6 Å². The number of thioether (sulfide) groups is 1. The topological polar surface area (TPSA) is 119 Å². The van der Waals surface area contributed by atoms with Crippen LogP contribution in [-0.4, -0.2) is 46.9 Å². The molecule has 10 heteroatoms. The van der Waals surface area contributed by atoms with E-state index in [0.717, 1.165) is 30.4 Å². The van der Waals surface area contributed by atoms with Crippen molar-refractivity contribution in [3.63, 3.8) is 0 Å². The highest BCUT2D eigenvalue weighted by Gasteiger charge is 2.11. The lowest BCUT2D eigenvalue weighted by molar-refractivity contribution is -0.118. The number of aromatic hydroxyl groups is 1. The number of methoxy groups -OCH3 is 1. The summed E-state index contributed by atoms with van der Waals surface area (Å²) in [6.07, 6.45) is 6.06. The third-order valence-corrected chi connectivity index (χ3v) is 5.85. The first-order valence-electron chi connectivity index (χ1n) is 11.5. The molecule has 2 aromatic carbocycles. The number of carbonyl (C=O) groups is 1. The van der Waals surface area contributed by atoms with E-state index >= 15 is 0 Å². The molecule has 0 bridgehead atoms. The summed E-state index contributed by atoms with van der Waals surface area (Å²) in [5.41, 5.74) is 5.02. The molecule has 1 heterocycles. The number of phenolic OH excluding ortho intramolecular Hbond substituents is 1. The zero-order valence-corrected chi connectivity index (χ0v) is 21.2. The average molecular weight is 511 g/mol. The van der Waals surface area contributed by atoms with Gasteiger partial charge in [0.2, 0.25) is 5.89 Å². The first-order chi connectivity index (χ1) is 17.5. The van der Waals surface area contributed by atoms with Crippen LogP contribution in [0.4, 0.5) is 0 Å². The molecule has 1 aromatic heterocycles. The highest BCUT2D eigenvalue weighted by Crippen LogP contribution is 2.32. The van der Waals surface area contributed by atoms with Crippen LogP contribution in [0.5, 0.6) is 17.2 Å². The van der Waals surface area contributed by atoms with Gasteiger partial charge in [-0.1, -0.05) is 30.0 Å². The summed E-state index contributed by atoms with van der Waals surface area (Å²) >= 11 is 1.15. The molecule has 0 unspecified atom stereocenters. The van der Waals surface area contributed by atoms with Crippen molar-refractivity contribution in [1.82, 2.24) is 15.6 Å². The molecule has 0 atom stereocenters. The molecule has 190 valence electrons. The predicted octanol–water partition coefficient (Wildman–Crippen LogP) is 4.33. The summed E-state index contributed by atoms with van der Waals surface area (Å²) in [5.74, 6) is 1.57. The second-order valence-corrected chi connectivity index (χ2v) is 8.62. The van der Waals surface area contributed by atoms with Gasteiger partial charge in [-0.25, -0.2) is 5.43 Å². The van der Waals surface area contributed by atoms with Crippen LogP contribution in [0.3, 0.4) is 0 Å². The van der Waals surface area contributed by atoms with E-state index in [9.17, 15) is 9.90 Å². The monoisotopic (exact) mass is 510 g/mol. The maximum absolute atomic E-state index is 12.2. The minimum Gasteiger partial charge on any atom is -0.504 e. The molecule has 36 heavy (non-hydrogen) atoms. The second kappa shape index (κ2) is 13.9. The van der Waals surface area contributed by atoms with Crippen molar-refractivity contribution in [3.05, 3.63) is 71.6 Å². The zero-order chi connectivity index (χ0) is 25.8. The number of nitrogens with one attached hydrogen (secondary N) is 1. The summed E-state index contributed by atoms with van der Waals surface area (Å²) in [7, 11) is 1.65. The molecule has 3 aromatic rings. The summed E-state index contributed by atoms with van der Waals surface area (Å²) in [5, 5.41) is 22.6. The number of amides is 1. The Hall–Kier alpha value is -3.79. The lowest BCUT2D eigenvalue weighted by atomic mass is 10.1. The van der Waals surface area contributed by atoms with Crippen molar-refractivity contribution >= 4 is 23.9 Å². The van der Waals surface area contributed by atoms with E-state index in [0.29, 0.717) is 47.4 Å². The molecular weight excluding hydrogens is 480 g/mol. The van der Waals surface area contributed by atoms with Gasteiger partial charge in [0.05, 0.1) is 25.7 Å². The van der Waals surface area contributed by atoms with Crippen LogP contribution in [0, 0.1) is 0 Å². The Morgan fingerprint density at radius 3 is 2.78 bits per heavy atom. The van der Waals surface area contributed by atoms with Gasteiger partial charge in [-0.3, -0.25) is 4.79 Å². The van der Waals surface area contributed by atoms with E-state index in [2.05, 4.69) is 27.3 Å². The molecular formula is C26H30N4O5S. The summed E-state index contributed by atoms with van der Waals surface area (Å²) in [6.45, 7) is 5.95. The van der Waals surface area contributed by atoms with Gasteiger partial charge in [0.1, 0.15) is 5.75 Å². The Bertz CT molecular complexity index is 1180. The number of aromatic nitrogens is 2. The van der Waals surface area contributed by atoms with Gasteiger partial charge < -0.3 is 19.0 Å². The largest absolute Gasteiger partial charge is 0.504 e. The quantitative estimate of drug-likeness (QED) is 0.142. The van der Waals surface area contributed by atoms with Crippen LogP contribution >= 0.6 is 11.8 Å². The fraction of sp³-hybridized carbons (Fsp3) is 0.308. The molecule has 0 radical (unpaired) electrons. The lowest BCUT2D eigenvalue weighted by Crippen LogP contribution is -2.19. The van der Waals surface area contributed by atoms with E-state index in [1.54, 1.807) is 25.3 Å². The maximum atomic E-state index is 12.2. The van der Waals surface area contributed by atoms with Crippen molar-refractivity contribution in [2.45, 2.75) is 37.8 Å². The standard InChI is InChI=1S/C26H30N4O5S/c1-4-7-20-14-19(15-22(25(20)32)34-5-2)16-27-28-23(31)17-36-26-30-29-24(35-26)9-6-8-18-10-12-21(33-3)13-11-18/h4,10-16,32H,1,5-9,17H2,2-3H3,(H,28,31)/b27-16-. The first-order valence-corrected chi connectivity index (χ1v) is 12.5. The Morgan fingerprint density at radius 2 is 2.06 bits per heavy atom. The van der Waals surface area contributed by atoms with Crippen molar-refractivity contribution in [1.29, 1.82) is 0 Å². The van der Waals surface area contributed by atoms with Crippen LogP contribution in [0.25, 0.3) is 0 Å². The van der Waals surface area contributed by atoms with Crippen molar-refractivity contribution < 1.29 is 23.8 Å². The van der Waals surface area contributed by atoms with E-state index in [1.807, 2.05) is 31.2 Å². The minimum atomic E-state index is -0.314. The fourth-order valence-electron chi connectivity index (χ4n) is 3.31. The number of aryl methyl sites for hydroxylation is 2. The first kappa shape index (κ1) is 26.8. The molecule has 2 N–H and O–H groups in total.